The standard InChI is InChI=1S/C97H107NO25/c1-64(99)98-82-87(109-55-73-41-23-10-24-42-73)84(121-97-93(116-68(5)103)90(115-67(4)102)86(114-66(3)101)81(120-97)63-107-65(2)100)79(61-105-52-70-35-17-7-18-36-70)117-94(82)123-89-83(108-54-72-39-21-9-22-40-72)78(60-104-51-69-33-15-6-16-34-69)119-96(92(89)112-58-76-47-29-13-30-48-76)122-85-80(62-106-53-71-37-19-8-20-38-71)118-95(113-59-77-49-31-14-32-50-77)91(111-57-75-45-27-12-28-46-75)88(85)110-56-74-43-25-11-26-44-74/h6-50,78-97H,51-63H2,1-5H3,(H,98,99)/t78-,79-,80-,81-,82-,83+,84-,85-,86+,87-,88+,89+,90+,91-,92-,93-,94+,95-,96+,97+/m1/s1. The van der Waals surface area contributed by atoms with Crippen LogP contribution in [-0.2, 0) is 178 Å². The van der Waals surface area contributed by atoms with Crippen molar-refractivity contribution in [2.24, 2.45) is 0 Å². The molecule has 0 radical (unpaired) electrons. The zero-order chi connectivity index (χ0) is 85.5. The summed E-state index contributed by atoms with van der Waals surface area (Å²) in [5.74, 6) is -3.93. The summed E-state index contributed by atoms with van der Waals surface area (Å²) in [5.41, 5.74) is 7.30. The van der Waals surface area contributed by atoms with Crippen molar-refractivity contribution in [3.05, 3.63) is 323 Å². The van der Waals surface area contributed by atoms with E-state index in [1.807, 2.05) is 273 Å². The van der Waals surface area contributed by atoms with Gasteiger partial charge in [0.2, 0.25) is 5.91 Å². The molecule has 26 heteroatoms. The Morgan fingerprint density at radius 1 is 0.244 bits per heavy atom. The molecular weight excluding hydrogens is 1580 g/mol. The topological polar surface area (TPSA) is 282 Å². The Morgan fingerprint density at radius 3 is 0.878 bits per heavy atom. The van der Waals surface area contributed by atoms with Crippen LogP contribution in [0.25, 0.3) is 0 Å². The molecule has 4 aliphatic heterocycles. The summed E-state index contributed by atoms with van der Waals surface area (Å²) in [6.07, 6.45) is -26.5. The van der Waals surface area contributed by atoms with Gasteiger partial charge in [0, 0.05) is 34.6 Å². The number of rotatable bonds is 42. The molecule has 26 nitrogen and oxygen atoms in total. The fourth-order valence-corrected chi connectivity index (χ4v) is 15.2. The maximum absolute atomic E-state index is 14.6. The molecule has 0 bridgehead atoms. The molecule has 4 aliphatic rings. The van der Waals surface area contributed by atoms with E-state index in [1.165, 1.54) is 13.8 Å². The van der Waals surface area contributed by atoms with E-state index in [4.69, 9.17) is 94.7 Å². The van der Waals surface area contributed by atoms with Crippen LogP contribution in [0.4, 0.5) is 0 Å². The molecule has 1 N–H and O–H groups in total. The lowest BCUT2D eigenvalue weighted by molar-refractivity contribution is -0.394. The highest BCUT2D eigenvalue weighted by Gasteiger charge is 2.60. The minimum Gasteiger partial charge on any atom is -0.463 e. The van der Waals surface area contributed by atoms with E-state index in [2.05, 4.69) is 5.32 Å². The molecule has 20 atom stereocenters. The first kappa shape index (κ1) is 90.4. The molecule has 9 aromatic rings. The summed E-state index contributed by atoms with van der Waals surface area (Å²) >= 11 is 0. The maximum atomic E-state index is 14.6. The van der Waals surface area contributed by atoms with E-state index >= 15 is 0 Å². The van der Waals surface area contributed by atoms with E-state index in [0.717, 1.165) is 65.3 Å². The van der Waals surface area contributed by atoms with Gasteiger partial charge in [0.15, 0.2) is 43.5 Å². The van der Waals surface area contributed by atoms with Crippen molar-refractivity contribution >= 4 is 29.8 Å². The van der Waals surface area contributed by atoms with Gasteiger partial charge in [-0.3, -0.25) is 24.0 Å². The van der Waals surface area contributed by atoms with E-state index in [9.17, 15) is 24.0 Å². The van der Waals surface area contributed by atoms with Crippen molar-refractivity contribution in [3.63, 3.8) is 0 Å². The highest BCUT2D eigenvalue weighted by molar-refractivity contribution is 5.73. The Labute approximate surface area is 716 Å². The molecule has 0 saturated carbocycles. The number of amides is 1. The molecule has 4 fully saturated rings. The van der Waals surface area contributed by atoms with E-state index in [0.29, 0.717) is 5.56 Å². The normalized spacial score (nSPS) is 26.3. The third-order valence-electron chi connectivity index (χ3n) is 20.9. The SMILES string of the molecule is CC(=O)N[C@H]1[C@H](O[C@H]2[C@@H](OCc3ccccc3)[C@@H](COCc3ccccc3)O[C@@H](O[C@H]3[C@H](OCc4ccccc4)[C@@H](OCc4ccccc4)[C@H](OCc4ccccc4)O[C@@H]3COCc3ccccc3)[C@@H]2OCc2ccccc2)O[C@H](COCc2ccccc2)[C@@H](O[C@@H]2O[C@H](COC(C)=O)[C@H](OC(C)=O)[C@H](OC(C)=O)[C@H]2OC(C)=O)[C@@H]1OCc1ccccc1. The summed E-state index contributed by atoms with van der Waals surface area (Å²) in [6, 6.07) is 85.0. The summed E-state index contributed by atoms with van der Waals surface area (Å²) in [4.78, 5) is 67.4. The number of nitrogens with one attached hydrogen (secondary N) is 1. The van der Waals surface area contributed by atoms with Gasteiger partial charge in [0.1, 0.15) is 85.9 Å². The number of ether oxygens (including phenoxy) is 20. The molecular formula is C97H107NO25. The largest absolute Gasteiger partial charge is 0.463 e. The molecule has 0 spiro atoms. The summed E-state index contributed by atoms with van der Waals surface area (Å²) in [6.45, 7) is 5.00. The van der Waals surface area contributed by atoms with Crippen molar-refractivity contribution < 1.29 is 119 Å². The summed E-state index contributed by atoms with van der Waals surface area (Å²) in [5, 5.41) is 3.15. The Hall–Kier alpha value is -10.3. The minimum atomic E-state index is -1.82. The molecule has 13 rings (SSSR count). The molecule has 0 aliphatic carbocycles. The van der Waals surface area contributed by atoms with Crippen LogP contribution in [0, 0.1) is 0 Å². The van der Waals surface area contributed by atoms with Gasteiger partial charge in [-0.2, -0.15) is 0 Å². The fourth-order valence-electron chi connectivity index (χ4n) is 15.2. The first-order valence-electron chi connectivity index (χ1n) is 41.4. The van der Waals surface area contributed by atoms with Gasteiger partial charge in [-0.25, -0.2) is 0 Å². The van der Waals surface area contributed by atoms with Crippen LogP contribution in [-0.4, -0.2) is 179 Å². The monoisotopic (exact) mass is 1690 g/mol. The van der Waals surface area contributed by atoms with Gasteiger partial charge in [-0.05, 0) is 50.1 Å². The van der Waals surface area contributed by atoms with Gasteiger partial charge < -0.3 is 100 Å². The lowest BCUT2D eigenvalue weighted by Gasteiger charge is -2.52. The maximum Gasteiger partial charge on any atom is 0.303 e. The predicted molar refractivity (Wildman–Crippen MR) is 445 cm³/mol. The van der Waals surface area contributed by atoms with E-state index < -0.39 is 159 Å². The van der Waals surface area contributed by atoms with Crippen LogP contribution in [0.1, 0.15) is 84.7 Å². The van der Waals surface area contributed by atoms with Crippen molar-refractivity contribution in [1.82, 2.24) is 5.32 Å². The lowest BCUT2D eigenvalue weighted by Crippen LogP contribution is -2.71. The lowest BCUT2D eigenvalue weighted by atomic mass is 9.93. The summed E-state index contributed by atoms with van der Waals surface area (Å²) in [7, 11) is 0. The average Bonchev–Trinajstić information content (AvgIpc) is 0.755. The third-order valence-corrected chi connectivity index (χ3v) is 20.9. The van der Waals surface area contributed by atoms with Gasteiger partial charge in [-0.15, -0.1) is 0 Å². The average molecular weight is 1690 g/mol. The molecule has 9 aromatic carbocycles. The second kappa shape index (κ2) is 47.0. The van der Waals surface area contributed by atoms with Gasteiger partial charge >= 0.3 is 23.9 Å². The zero-order valence-electron chi connectivity index (χ0n) is 69.4. The number of esters is 4. The molecule has 0 aromatic heterocycles. The molecule has 123 heavy (non-hydrogen) atoms. The first-order valence-corrected chi connectivity index (χ1v) is 41.4. The number of carbonyl (C=O) groups excluding carboxylic acids is 5. The van der Waals surface area contributed by atoms with Gasteiger partial charge in [-0.1, -0.05) is 273 Å². The number of benzene rings is 9. The highest BCUT2D eigenvalue weighted by atomic mass is 16.8. The van der Waals surface area contributed by atoms with E-state index in [-0.39, 0.29) is 79.3 Å². The van der Waals surface area contributed by atoms with Crippen LogP contribution in [0.15, 0.2) is 273 Å². The fraction of sp³-hybridized carbons (Fsp3) is 0.392. The first-order chi connectivity index (χ1) is 60.1. The smallest absolute Gasteiger partial charge is 0.303 e. The Balaban J connectivity index is 0.979. The van der Waals surface area contributed by atoms with Crippen LogP contribution >= 0.6 is 0 Å². The minimum absolute atomic E-state index is 0.0222. The Bertz CT molecular complexity index is 4620. The van der Waals surface area contributed by atoms with Crippen molar-refractivity contribution in [2.75, 3.05) is 26.4 Å². The van der Waals surface area contributed by atoms with Gasteiger partial charge in [0.25, 0.3) is 0 Å². The van der Waals surface area contributed by atoms with Crippen LogP contribution in [0.3, 0.4) is 0 Å². The molecule has 4 saturated heterocycles. The second-order valence-electron chi connectivity index (χ2n) is 30.3. The number of hydrogen-bond donors (Lipinski definition) is 1. The van der Waals surface area contributed by atoms with Crippen LogP contribution in [0.2, 0.25) is 0 Å². The zero-order valence-corrected chi connectivity index (χ0v) is 69.4. The quantitative estimate of drug-likeness (QED) is 0.0275. The summed E-state index contributed by atoms with van der Waals surface area (Å²) < 4.78 is 140. The third kappa shape index (κ3) is 27.1. The molecule has 650 valence electrons. The number of hydrogen-bond acceptors (Lipinski definition) is 25. The van der Waals surface area contributed by atoms with Gasteiger partial charge in [0.05, 0.1) is 79.3 Å². The molecule has 1 amide bonds. The van der Waals surface area contributed by atoms with E-state index in [1.54, 1.807) is 0 Å². The second-order valence-corrected chi connectivity index (χ2v) is 30.3. The predicted octanol–water partition coefficient (Wildman–Crippen LogP) is 12.7. The van der Waals surface area contributed by atoms with Crippen molar-refractivity contribution in [3.8, 4) is 0 Å². The van der Waals surface area contributed by atoms with Crippen molar-refractivity contribution in [2.45, 2.75) is 217 Å². The number of carbonyl (C=O) groups is 5. The Morgan fingerprint density at radius 2 is 0.512 bits per heavy atom. The van der Waals surface area contributed by atoms with Crippen LogP contribution < -0.4 is 5.32 Å². The molecule has 4 heterocycles. The van der Waals surface area contributed by atoms with Crippen molar-refractivity contribution in [1.29, 1.82) is 0 Å². The highest BCUT2D eigenvalue weighted by Crippen LogP contribution is 2.41. The molecule has 0 unspecified atom stereocenters. The Kier molecular flexibility index (Phi) is 34.5. The van der Waals surface area contributed by atoms with Crippen LogP contribution in [0.5, 0.6) is 0 Å².